The van der Waals surface area contributed by atoms with Crippen molar-refractivity contribution in [3.05, 3.63) is 0 Å². The summed E-state index contributed by atoms with van der Waals surface area (Å²) in [5, 5.41) is 0. The number of rotatable bonds is 0. The average Bonchev–Trinajstić information content (AvgIpc) is 1.36. The summed E-state index contributed by atoms with van der Waals surface area (Å²) in [6, 6.07) is 0. The van der Waals surface area contributed by atoms with Gasteiger partial charge in [0, 0.05) is 0 Å². The second-order valence-electron chi connectivity index (χ2n) is 3.46. The maximum atomic E-state index is 2.97. The normalized spacial score (nSPS) is 8.25. The van der Waals surface area contributed by atoms with E-state index < -0.39 is 0 Å². The molecule has 0 N–H and O–H groups in total. The summed E-state index contributed by atoms with van der Waals surface area (Å²) < 4.78 is 0. The van der Waals surface area contributed by atoms with Crippen LogP contribution in [0.25, 0.3) is 0 Å². The molecule has 0 aliphatic carbocycles. The standard InChI is InChI=1S/C4H12B.CH4P.CH4/c1-5(2,3)4;1-2;/h1-4H3;2H,1H3;1H4/q2*-1;. The van der Waals surface area contributed by atoms with Crippen LogP contribution in [0, 0.1) is 0 Å². The molecular formula is C6H20BP-2. The summed E-state index contributed by atoms with van der Waals surface area (Å²) in [6.07, 6.45) is 0. The molecule has 0 unspecified atom stereocenters. The smallest absolute Gasteiger partial charge is 0.0116 e. The van der Waals surface area contributed by atoms with Gasteiger partial charge < -0.3 is 9.24 Å². The molecule has 0 bridgehead atoms. The van der Waals surface area contributed by atoms with Gasteiger partial charge in [0.15, 0.2) is 0 Å². The predicted octanol–water partition coefficient (Wildman–Crippen LogP) is 3.35. The first-order chi connectivity index (χ1) is 3.00. The fraction of sp³-hybridized carbons (Fsp3) is 1.00. The van der Waals surface area contributed by atoms with Crippen LogP contribution in [0.5, 0.6) is 0 Å². The molecule has 0 amide bonds. The van der Waals surface area contributed by atoms with Crippen LogP contribution in [0.2, 0.25) is 27.3 Å². The van der Waals surface area contributed by atoms with Crippen molar-refractivity contribution in [3.8, 4) is 0 Å². The van der Waals surface area contributed by atoms with Gasteiger partial charge >= 0.3 is 0 Å². The van der Waals surface area contributed by atoms with Crippen LogP contribution < -0.4 is 0 Å². The van der Waals surface area contributed by atoms with Gasteiger partial charge in [-0.3, -0.25) is 0 Å². The van der Waals surface area contributed by atoms with Crippen molar-refractivity contribution in [3.63, 3.8) is 0 Å². The third kappa shape index (κ3) is 801. The van der Waals surface area contributed by atoms with Crippen LogP contribution >= 0.6 is 9.24 Å². The van der Waals surface area contributed by atoms with E-state index in [1.807, 2.05) is 0 Å². The summed E-state index contributed by atoms with van der Waals surface area (Å²) in [7, 11) is 2.97. The zero-order valence-electron chi connectivity index (χ0n) is 6.08. The first-order valence-corrected chi connectivity index (χ1v) is 3.81. The molecule has 0 nitrogen and oxygen atoms in total. The zero-order chi connectivity index (χ0) is 6.50. The van der Waals surface area contributed by atoms with Crippen molar-refractivity contribution < 1.29 is 0 Å². The highest BCUT2D eigenvalue weighted by Crippen LogP contribution is 1.94. The van der Waals surface area contributed by atoms with Crippen molar-refractivity contribution in [1.82, 2.24) is 0 Å². The Labute approximate surface area is 57.6 Å². The lowest BCUT2D eigenvalue weighted by molar-refractivity contribution is 1.71. The summed E-state index contributed by atoms with van der Waals surface area (Å²) in [5.41, 5.74) is 0. The third-order valence-electron chi connectivity index (χ3n) is 0. The molecule has 2 heteroatoms. The molecule has 0 aromatic carbocycles. The van der Waals surface area contributed by atoms with E-state index in [2.05, 4.69) is 36.5 Å². The second kappa shape index (κ2) is 7.49. The van der Waals surface area contributed by atoms with E-state index in [-0.39, 0.29) is 13.6 Å². The van der Waals surface area contributed by atoms with Crippen LogP contribution in [0.1, 0.15) is 7.43 Å². The second-order valence-corrected chi connectivity index (χ2v) is 3.46. The summed E-state index contributed by atoms with van der Waals surface area (Å²) in [5.74, 6) is 0. The highest BCUT2D eigenvalue weighted by atomic mass is 31.0. The van der Waals surface area contributed by atoms with Crippen LogP contribution in [-0.4, -0.2) is 12.8 Å². The van der Waals surface area contributed by atoms with Gasteiger partial charge in [0.1, 0.15) is 0 Å². The molecule has 0 aromatic rings. The molecule has 0 aliphatic rings. The molecule has 0 fully saturated rings. The van der Waals surface area contributed by atoms with Crippen molar-refractivity contribution in [2.24, 2.45) is 0 Å². The van der Waals surface area contributed by atoms with Crippen LogP contribution in [0.4, 0.5) is 0 Å². The Balaban J connectivity index is -0.0000000750. The Hall–Kier alpha value is 0.495. The lowest BCUT2D eigenvalue weighted by Gasteiger charge is -2.10. The summed E-state index contributed by atoms with van der Waals surface area (Å²) in [6.45, 7) is 10.8. The number of hydrogen-bond donors (Lipinski definition) is 0. The van der Waals surface area contributed by atoms with E-state index in [1.165, 1.54) is 0 Å². The SMILES string of the molecule is C.C[B-](C)(C)C.C[PH-]. The molecule has 0 heterocycles. The molecule has 0 aromatic heterocycles. The van der Waals surface area contributed by atoms with E-state index >= 15 is 0 Å². The zero-order valence-corrected chi connectivity index (χ0v) is 7.08. The van der Waals surface area contributed by atoms with Gasteiger partial charge in [-0.2, -0.15) is 34.0 Å². The molecule has 0 saturated heterocycles. The Bertz CT molecular complexity index is 24.0. The van der Waals surface area contributed by atoms with Gasteiger partial charge in [-0.15, -0.1) is 0 Å². The highest BCUT2D eigenvalue weighted by Gasteiger charge is 1.90. The molecule has 0 aliphatic heterocycles. The van der Waals surface area contributed by atoms with Crippen molar-refractivity contribution in [2.45, 2.75) is 34.7 Å². The van der Waals surface area contributed by atoms with E-state index in [0.29, 0.717) is 0 Å². The van der Waals surface area contributed by atoms with Gasteiger partial charge in [-0.1, -0.05) is 7.43 Å². The van der Waals surface area contributed by atoms with Crippen molar-refractivity contribution >= 4 is 15.4 Å². The Morgan fingerprint density at radius 3 is 0.875 bits per heavy atom. The topological polar surface area (TPSA) is 0 Å². The first kappa shape index (κ1) is 15.8. The van der Waals surface area contributed by atoms with Gasteiger partial charge in [-0.25, -0.2) is 0 Å². The van der Waals surface area contributed by atoms with E-state index in [1.54, 1.807) is 6.66 Å². The van der Waals surface area contributed by atoms with Crippen LogP contribution in [0.15, 0.2) is 0 Å². The van der Waals surface area contributed by atoms with Gasteiger partial charge in [0.05, 0.1) is 0 Å². The predicted molar refractivity (Wildman–Crippen MR) is 50.2 cm³/mol. The summed E-state index contributed by atoms with van der Waals surface area (Å²) in [4.78, 5) is 0. The fourth-order valence-corrected chi connectivity index (χ4v) is 0. The maximum absolute atomic E-state index is 2.97. The average molecular weight is 134 g/mol. The van der Waals surface area contributed by atoms with Crippen molar-refractivity contribution in [2.75, 3.05) is 6.66 Å². The van der Waals surface area contributed by atoms with Crippen molar-refractivity contribution in [1.29, 1.82) is 0 Å². The molecule has 8 heavy (non-hydrogen) atoms. The van der Waals surface area contributed by atoms with E-state index in [0.717, 1.165) is 0 Å². The Morgan fingerprint density at radius 1 is 0.875 bits per heavy atom. The Kier molecular flexibility index (Phi) is 14.8. The fourth-order valence-electron chi connectivity index (χ4n) is 0. The monoisotopic (exact) mass is 134 g/mol. The number of hydrogen-bond acceptors (Lipinski definition) is 0. The Morgan fingerprint density at radius 2 is 0.875 bits per heavy atom. The molecule has 0 atom stereocenters. The first-order valence-electron chi connectivity index (χ1n) is 2.81. The third-order valence-corrected chi connectivity index (χ3v) is 0. The summed E-state index contributed by atoms with van der Waals surface area (Å²) >= 11 is 0. The molecule has 0 saturated carbocycles. The van der Waals surface area contributed by atoms with E-state index in [4.69, 9.17) is 0 Å². The van der Waals surface area contributed by atoms with Crippen LogP contribution in [-0.2, 0) is 0 Å². The van der Waals surface area contributed by atoms with Gasteiger partial charge in [0.2, 0.25) is 0 Å². The molecule has 0 radical (unpaired) electrons. The quantitative estimate of drug-likeness (QED) is 0.352. The molecule has 54 valence electrons. The lowest BCUT2D eigenvalue weighted by Crippen LogP contribution is -2.10. The van der Waals surface area contributed by atoms with Crippen LogP contribution in [0.3, 0.4) is 0 Å². The molecule has 0 rings (SSSR count). The largest absolute Gasteiger partial charge is 0.562 e. The minimum atomic E-state index is 0. The van der Waals surface area contributed by atoms with Gasteiger partial charge in [0.25, 0.3) is 0 Å². The maximum Gasteiger partial charge on any atom is -0.0116 e. The molecule has 0 spiro atoms. The minimum absolute atomic E-state index is 0. The van der Waals surface area contributed by atoms with E-state index in [9.17, 15) is 0 Å². The lowest BCUT2D eigenvalue weighted by atomic mass is 9.32. The van der Waals surface area contributed by atoms with Gasteiger partial charge in [-0.05, 0) is 6.15 Å². The molecular weight excluding hydrogens is 114 g/mol. The minimum Gasteiger partial charge on any atom is -0.562 e. The highest BCUT2D eigenvalue weighted by molar-refractivity contribution is 7.15.